The maximum atomic E-state index is 12.4. The van der Waals surface area contributed by atoms with Gasteiger partial charge < -0.3 is 9.67 Å². The van der Waals surface area contributed by atoms with Crippen LogP contribution in [-0.2, 0) is 21.2 Å². The van der Waals surface area contributed by atoms with Gasteiger partial charge in [-0.3, -0.25) is 4.79 Å². The Balaban J connectivity index is 2.04. The van der Waals surface area contributed by atoms with Crippen LogP contribution in [0.5, 0.6) is 0 Å². The zero-order valence-electron chi connectivity index (χ0n) is 14.3. The normalized spacial score (nSPS) is 17.1. The van der Waals surface area contributed by atoms with Gasteiger partial charge >= 0.3 is 5.97 Å². The molecule has 1 atom stereocenters. The van der Waals surface area contributed by atoms with Crippen molar-refractivity contribution in [2.24, 2.45) is 0 Å². The fourth-order valence-corrected chi connectivity index (χ4v) is 5.56. The number of nitrogens with one attached hydrogen (secondary N) is 1. The average Bonchev–Trinajstić information content (AvgIpc) is 3.21. The fraction of sp³-hybridized carbons (Fsp3) is 0.400. The van der Waals surface area contributed by atoms with Crippen LogP contribution in [0.1, 0.15) is 30.9 Å². The van der Waals surface area contributed by atoms with Crippen molar-refractivity contribution in [1.82, 2.24) is 30.2 Å². The van der Waals surface area contributed by atoms with Crippen LogP contribution in [0.25, 0.3) is 11.0 Å². The molecule has 0 bridgehead atoms. The number of rotatable bonds is 5. The minimum Gasteiger partial charge on any atom is -0.481 e. The predicted octanol–water partition coefficient (Wildman–Crippen LogP) is 1.46. The lowest BCUT2D eigenvalue weighted by atomic mass is 9.93. The maximum Gasteiger partial charge on any atom is 0.304 e. The third-order valence-corrected chi connectivity index (χ3v) is 6.67. The first kappa shape index (κ1) is 17.9. The molecule has 12 heteroatoms. The van der Waals surface area contributed by atoms with Gasteiger partial charge in [-0.15, -0.1) is 10.2 Å². The number of hydrogen-bond acceptors (Lipinski definition) is 8. The lowest BCUT2D eigenvalue weighted by molar-refractivity contribution is -0.137. The Labute approximate surface area is 158 Å². The molecule has 4 heterocycles. The summed E-state index contributed by atoms with van der Waals surface area (Å²) in [6.45, 7) is 0.648. The second-order valence-corrected chi connectivity index (χ2v) is 9.34. The van der Waals surface area contributed by atoms with Crippen molar-refractivity contribution in [3.05, 3.63) is 18.0 Å². The van der Waals surface area contributed by atoms with E-state index in [2.05, 4.69) is 25.6 Å². The summed E-state index contributed by atoms with van der Waals surface area (Å²) in [5.41, 5.74) is 1.31. The molecule has 3 aromatic rings. The van der Waals surface area contributed by atoms with E-state index in [1.54, 1.807) is 0 Å². The van der Waals surface area contributed by atoms with Crippen molar-refractivity contribution in [3.63, 3.8) is 0 Å². The predicted molar refractivity (Wildman–Crippen MR) is 95.4 cm³/mol. The molecular formula is C15H16N6O4S2. The molecule has 0 amide bonds. The zero-order chi connectivity index (χ0) is 19.2. The molecule has 1 unspecified atom stereocenters. The van der Waals surface area contributed by atoms with Crippen LogP contribution in [0.2, 0.25) is 0 Å². The van der Waals surface area contributed by atoms with Crippen LogP contribution >= 0.6 is 11.8 Å². The third-order valence-electron chi connectivity index (χ3n) is 4.56. The van der Waals surface area contributed by atoms with Gasteiger partial charge in [0.1, 0.15) is 5.65 Å². The summed E-state index contributed by atoms with van der Waals surface area (Å²) in [6, 6.07) is 1.47. The lowest BCUT2D eigenvalue weighted by Gasteiger charge is -2.24. The van der Waals surface area contributed by atoms with Crippen LogP contribution < -0.4 is 0 Å². The number of aromatic amines is 1. The molecule has 0 spiro atoms. The number of carbonyl (C=O) groups is 1. The zero-order valence-corrected chi connectivity index (χ0v) is 15.9. The molecule has 0 aromatic carbocycles. The van der Waals surface area contributed by atoms with Gasteiger partial charge in [0, 0.05) is 35.5 Å². The monoisotopic (exact) mass is 408 g/mol. The summed E-state index contributed by atoms with van der Waals surface area (Å²) in [4.78, 5) is 16.6. The quantitative estimate of drug-likeness (QED) is 0.641. The van der Waals surface area contributed by atoms with Crippen molar-refractivity contribution in [3.8, 4) is 0 Å². The Morgan fingerprint density at radius 1 is 1.48 bits per heavy atom. The van der Waals surface area contributed by atoms with Gasteiger partial charge in [-0.25, -0.2) is 13.4 Å². The summed E-state index contributed by atoms with van der Waals surface area (Å²) < 4.78 is 26.7. The fourth-order valence-electron chi connectivity index (χ4n) is 3.59. The van der Waals surface area contributed by atoms with Gasteiger partial charge in [0.25, 0.3) is 0 Å². The Bertz CT molecular complexity index is 1120. The third kappa shape index (κ3) is 3.18. The smallest absolute Gasteiger partial charge is 0.304 e. The molecule has 10 nitrogen and oxygen atoms in total. The van der Waals surface area contributed by atoms with Gasteiger partial charge in [-0.1, -0.05) is 0 Å². The molecule has 3 aromatic heterocycles. The lowest BCUT2D eigenvalue weighted by Crippen LogP contribution is -2.18. The molecule has 2 N–H and O–H groups in total. The Morgan fingerprint density at radius 2 is 2.30 bits per heavy atom. The molecule has 142 valence electrons. The van der Waals surface area contributed by atoms with Crippen LogP contribution in [0.3, 0.4) is 0 Å². The highest BCUT2D eigenvalue weighted by molar-refractivity contribution is 7.99. The molecular weight excluding hydrogens is 392 g/mol. The van der Waals surface area contributed by atoms with Crippen molar-refractivity contribution in [2.75, 3.05) is 6.26 Å². The molecule has 1 aliphatic heterocycles. The minimum atomic E-state index is -3.52. The van der Waals surface area contributed by atoms with Crippen molar-refractivity contribution in [1.29, 1.82) is 0 Å². The van der Waals surface area contributed by atoms with E-state index in [1.807, 2.05) is 4.57 Å². The molecule has 1 aliphatic rings. The summed E-state index contributed by atoms with van der Waals surface area (Å²) in [6.07, 6.45) is 4.08. The summed E-state index contributed by atoms with van der Waals surface area (Å²) >= 11 is 1.17. The number of nitrogens with zero attached hydrogens (tertiary/aromatic N) is 5. The number of pyridine rings is 1. The van der Waals surface area contributed by atoms with Crippen molar-refractivity contribution < 1.29 is 18.3 Å². The maximum absolute atomic E-state index is 12.4. The van der Waals surface area contributed by atoms with Crippen LogP contribution in [0.15, 0.2) is 27.2 Å². The van der Waals surface area contributed by atoms with Crippen LogP contribution in [0.4, 0.5) is 0 Å². The van der Waals surface area contributed by atoms with E-state index in [1.165, 1.54) is 24.0 Å². The minimum absolute atomic E-state index is 0.0374. The number of sulfone groups is 1. The van der Waals surface area contributed by atoms with E-state index in [-0.39, 0.29) is 17.2 Å². The second kappa shape index (κ2) is 6.60. The second-order valence-electron chi connectivity index (χ2n) is 6.38. The number of aryl methyl sites for hydroxylation is 1. The van der Waals surface area contributed by atoms with E-state index < -0.39 is 15.8 Å². The van der Waals surface area contributed by atoms with Gasteiger partial charge in [-0.05, 0) is 35.9 Å². The van der Waals surface area contributed by atoms with Crippen LogP contribution in [0, 0.1) is 0 Å². The number of aliphatic carboxylic acids is 1. The first-order valence-corrected chi connectivity index (χ1v) is 10.9. The highest BCUT2D eigenvalue weighted by atomic mass is 32.2. The van der Waals surface area contributed by atoms with E-state index in [0.717, 1.165) is 18.4 Å². The van der Waals surface area contributed by atoms with E-state index in [9.17, 15) is 18.3 Å². The first-order chi connectivity index (χ1) is 12.9. The number of tetrazole rings is 1. The first-order valence-electron chi connectivity index (χ1n) is 8.20. The molecule has 0 saturated heterocycles. The Hall–Kier alpha value is -2.47. The number of fused-ring (bicyclic) bond motifs is 3. The molecule has 0 aliphatic carbocycles. The van der Waals surface area contributed by atoms with E-state index >= 15 is 0 Å². The topological polar surface area (TPSA) is 144 Å². The number of hydrogen-bond donors (Lipinski definition) is 2. The standard InChI is InChI=1S/C15H16N6O4S2/c1-27(24,25)9-4-5-16-14-11(9)13(26-15-17-19-20-18-15)12-8(7-10(22)23)3-2-6-21(12)14/h4-5,8H,2-3,6-7H2,1H3,(H,22,23)(H,17,18,19,20). The SMILES string of the molecule is CS(=O)(=O)c1ccnc2c1c(Sc1nn[nH]n1)c1n2CCCC1CC(=O)O. The Morgan fingerprint density at radius 3 is 2.96 bits per heavy atom. The van der Waals surface area contributed by atoms with Gasteiger partial charge in [-0.2, -0.15) is 5.21 Å². The average molecular weight is 408 g/mol. The van der Waals surface area contributed by atoms with Crippen molar-refractivity contribution in [2.45, 2.75) is 46.7 Å². The number of carboxylic acid groups (broad SMARTS) is 1. The molecule has 0 radical (unpaired) electrons. The highest BCUT2D eigenvalue weighted by Gasteiger charge is 2.33. The molecule has 0 saturated carbocycles. The Kier molecular flexibility index (Phi) is 4.38. The summed E-state index contributed by atoms with van der Waals surface area (Å²) in [5.74, 6) is -1.14. The van der Waals surface area contributed by atoms with Crippen LogP contribution in [-0.4, -0.2) is 55.9 Å². The molecule has 27 heavy (non-hydrogen) atoms. The molecule has 4 rings (SSSR count). The van der Waals surface area contributed by atoms with Crippen molar-refractivity contribution >= 4 is 38.6 Å². The highest BCUT2D eigenvalue weighted by Crippen LogP contribution is 2.46. The number of carboxylic acids is 1. The number of aromatic nitrogens is 6. The van der Waals surface area contributed by atoms with E-state index in [0.29, 0.717) is 34.1 Å². The van der Waals surface area contributed by atoms with Gasteiger partial charge in [0.15, 0.2) is 9.84 Å². The molecule has 0 fully saturated rings. The van der Waals surface area contributed by atoms with Gasteiger partial charge in [0.05, 0.1) is 16.7 Å². The van der Waals surface area contributed by atoms with Gasteiger partial charge in [0.2, 0.25) is 5.16 Å². The largest absolute Gasteiger partial charge is 0.481 e. The summed E-state index contributed by atoms with van der Waals surface area (Å²) in [7, 11) is -3.52. The summed E-state index contributed by atoms with van der Waals surface area (Å²) in [5, 5.41) is 23.9. The van der Waals surface area contributed by atoms with E-state index in [4.69, 9.17) is 0 Å². The number of H-pyrrole nitrogens is 1.